The molecule has 1 aromatic heterocycles. The van der Waals surface area contributed by atoms with E-state index in [0.29, 0.717) is 5.69 Å². The molecule has 0 saturated heterocycles. The number of carboxylic acid groups (broad SMARTS) is 1. The Morgan fingerprint density at radius 2 is 1.85 bits per heavy atom. The number of aliphatic carboxylic acids is 1. The van der Waals surface area contributed by atoms with Gasteiger partial charge in [0.25, 0.3) is 0 Å². The molecule has 0 amide bonds. The molecule has 0 aliphatic heterocycles. The Morgan fingerprint density at radius 3 is 2.50 bits per heavy atom. The highest BCUT2D eigenvalue weighted by atomic mass is 32.2. The van der Waals surface area contributed by atoms with E-state index in [1.54, 1.807) is 23.1 Å². The molecule has 3 nitrogen and oxygen atoms in total. The first kappa shape index (κ1) is 17.5. The van der Waals surface area contributed by atoms with Crippen molar-refractivity contribution in [3.8, 4) is 0 Å². The molecule has 1 aromatic rings. The van der Waals surface area contributed by atoms with Gasteiger partial charge in [-0.25, -0.2) is 4.98 Å². The van der Waals surface area contributed by atoms with E-state index in [2.05, 4.69) is 11.9 Å². The zero-order valence-electron chi connectivity index (χ0n) is 12.3. The minimum absolute atomic E-state index is 0.0365. The first-order valence-corrected chi connectivity index (χ1v) is 9.38. The van der Waals surface area contributed by atoms with Gasteiger partial charge in [-0.1, -0.05) is 63.6 Å². The fourth-order valence-corrected chi connectivity index (χ4v) is 3.90. The molecule has 1 heterocycles. The van der Waals surface area contributed by atoms with Crippen molar-refractivity contribution in [2.45, 2.75) is 69.1 Å². The topological polar surface area (TPSA) is 50.2 Å². The summed E-state index contributed by atoms with van der Waals surface area (Å²) in [7, 11) is 0. The van der Waals surface area contributed by atoms with Crippen molar-refractivity contribution in [3.63, 3.8) is 0 Å². The van der Waals surface area contributed by atoms with Crippen LogP contribution in [-0.4, -0.2) is 21.8 Å². The van der Waals surface area contributed by atoms with Gasteiger partial charge in [0.15, 0.2) is 0 Å². The predicted molar refractivity (Wildman–Crippen MR) is 86.8 cm³/mol. The van der Waals surface area contributed by atoms with Crippen LogP contribution in [-0.2, 0) is 11.2 Å². The third-order valence-corrected chi connectivity index (χ3v) is 5.24. The summed E-state index contributed by atoms with van der Waals surface area (Å²) in [6, 6.07) is 0. The van der Waals surface area contributed by atoms with Gasteiger partial charge in [0.2, 0.25) is 0 Å². The number of rotatable bonds is 12. The van der Waals surface area contributed by atoms with Crippen LogP contribution in [0.3, 0.4) is 0 Å². The Labute approximate surface area is 130 Å². The summed E-state index contributed by atoms with van der Waals surface area (Å²) >= 11 is 3.31. The number of hydrogen-bond acceptors (Lipinski definition) is 4. The summed E-state index contributed by atoms with van der Waals surface area (Å²) in [6.45, 7) is 2.25. The molecular weight excluding hydrogens is 290 g/mol. The number of hydrogen-bond donors (Lipinski definition) is 1. The highest BCUT2D eigenvalue weighted by Crippen LogP contribution is 2.24. The molecule has 1 N–H and O–H groups in total. The lowest BCUT2D eigenvalue weighted by molar-refractivity contribution is -0.136. The molecule has 0 aromatic carbocycles. The Hall–Kier alpha value is -0.550. The third kappa shape index (κ3) is 8.59. The van der Waals surface area contributed by atoms with Crippen LogP contribution in [0.1, 0.15) is 64.0 Å². The van der Waals surface area contributed by atoms with Gasteiger partial charge >= 0.3 is 5.97 Å². The van der Waals surface area contributed by atoms with Crippen molar-refractivity contribution >= 4 is 29.1 Å². The Bertz CT molecular complexity index is 380. The van der Waals surface area contributed by atoms with E-state index in [1.807, 2.05) is 5.38 Å². The highest BCUT2D eigenvalue weighted by molar-refractivity contribution is 8.00. The summed E-state index contributed by atoms with van der Waals surface area (Å²) in [5.41, 5.74) is 0.681. The second kappa shape index (κ2) is 11.1. The lowest BCUT2D eigenvalue weighted by Crippen LogP contribution is -1.99. The van der Waals surface area contributed by atoms with Crippen LogP contribution in [0.25, 0.3) is 0 Å². The number of thioether (sulfide) groups is 1. The molecule has 5 heteroatoms. The van der Waals surface area contributed by atoms with Crippen LogP contribution < -0.4 is 0 Å². The Balaban J connectivity index is 1.98. The zero-order valence-corrected chi connectivity index (χ0v) is 13.9. The number of aromatic nitrogens is 1. The Kier molecular flexibility index (Phi) is 9.75. The van der Waals surface area contributed by atoms with Crippen molar-refractivity contribution in [2.75, 3.05) is 5.75 Å². The minimum Gasteiger partial charge on any atom is -0.481 e. The largest absolute Gasteiger partial charge is 0.481 e. The van der Waals surface area contributed by atoms with Crippen molar-refractivity contribution in [2.24, 2.45) is 0 Å². The summed E-state index contributed by atoms with van der Waals surface area (Å²) in [5.74, 6) is 0.282. The minimum atomic E-state index is -0.810. The summed E-state index contributed by atoms with van der Waals surface area (Å²) in [5, 5.41) is 10.5. The first-order valence-electron chi connectivity index (χ1n) is 7.51. The summed E-state index contributed by atoms with van der Waals surface area (Å²) in [6.07, 6.45) is 10.7. The standard InChI is InChI=1S/C15H25NO2S2/c1-2-3-4-5-6-7-8-9-10-19-15-16-13(12-20-15)11-14(17)18/h12H,2-11H2,1H3,(H,17,18). The second-order valence-corrected chi connectivity index (χ2v) is 7.20. The number of nitrogens with zero attached hydrogens (tertiary/aromatic N) is 1. The molecule has 114 valence electrons. The molecule has 1 rings (SSSR count). The highest BCUT2D eigenvalue weighted by Gasteiger charge is 2.06. The lowest BCUT2D eigenvalue weighted by atomic mass is 10.1. The first-order chi connectivity index (χ1) is 9.72. The fourth-order valence-electron chi connectivity index (χ4n) is 1.99. The van der Waals surface area contributed by atoms with Crippen molar-refractivity contribution in [1.82, 2.24) is 4.98 Å². The van der Waals surface area contributed by atoms with Gasteiger partial charge in [0.1, 0.15) is 4.34 Å². The number of carbonyl (C=O) groups is 1. The van der Waals surface area contributed by atoms with Crippen molar-refractivity contribution in [3.05, 3.63) is 11.1 Å². The van der Waals surface area contributed by atoms with Gasteiger partial charge < -0.3 is 5.11 Å². The van der Waals surface area contributed by atoms with Crippen molar-refractivity contribution < 1.29 is 9.90 Å². The molecule has 0 aliphatic carbocycles. The number of unbranched alkanes of at least 4 members (excludes halogenated alkanes) is 7. The zero-order chi connectivity index (χ0) is 14.6. The van der Waals surface area contributed by atoms with Crippen LogP contribution in [0, 0.1) is 0 Å². The molecule has 20 heavy (non-hydrogen) atoms. The van der Waals surface area contributed by atoms with E-state index in [9.17, 15) is 4.79 Å². The van der Waals surface area contributed by atoms with Crippen LogP contribution in [0.4, 0.5) is 0 Å². The van der Waals surface area contributed by atoms with Crippen LogP contribution >= 0.6 is 23.1 Å². The van der Waals surface area contributed by atoms with Crippen LogP contribution in [0.5, 0.6) is 0 Å². The van der Waals surface area contributed by atoms with Gasteiger partial charge in [0.05, 0.1) is 12.1 Å². The van der Waals surface area contributed by atoms with Gasteiger partial charge in [-0.3, -0.25) is 4.79 Å². The smallest absolute Gasteiger partial charge is 0.309 e. The lowest BCUT2D eigenvalue weighted by Gasteiger charge is -2.00. The van der Waals surface area contributed by atoms with E-state index in [-0.39, 0.29) is 6.42 Å². The van der Waals surface area contributed by atoms with E-state index in [1.165, 1.54) is 51.4 Å². The van der Waals surface area contributed by atoms with Gasteiger partial charge in [0, 0.05) is 11.1 Å². The number of carboxylic acids is 1. The SMILES string of the molecule is CCCCCCCCCCSc1nc(CC(=O)O)cs1. The molecule has 0 atom stereocenters. The van der Waals surface area contributed by atoms with E-state index < -0.39 is 5.97 Å². The quantitative estimate of drug-likeness (QED) is 0.435. The molecule has 0 fully saturated rings. The average Bonchev–Trinajstić information content (AvgIpc) is 2.83. The van der Waals surface area contributed by atoms with Crippen LogP contribution in [0.2, 0.25) is 0 Å². The maximum absolute atomic E-state index is 10.6. The molecule has 0 unspecified atom stereocenters. The van der Waals surface area contributed by atoms with Crippen LogP contribution in [0.15, 0.2) is 9.72 Å². The van der Waals surface area contributed by atoms with Crippen molar-refractivity contribution in [1.29, 1.82) is 0 Å². The molecule has 0 spiro atoms. The number of thiazole rings is 1. The predicted octanol–water partition coefficient (Wildman–Crippen LogP) is 5.00. The normalized spacial score (nSPS) is 10.8. The fraction of sp³-hybridized carbons (Fsp3) is 0.733. The second-order valence-electron chi connectivity index (χ2n) is 5.00. The monoisotopic (exact) mass is 315 g/mol. The van der Waals surface area contributed by atoms with E-state index in [4.69, 9.17) is 5.11 Å². The van der Waals surface area contributed by atoms with E-state index in [0.717, 1.165) is 10.1 Å². The summed E-state index contributed by atoms with van der Waals surface area (Å²) in [4.78, 5) is 14.9. The maximum Gasteiger partial charge on any atom is 0.309 e. The third-order valence-electron chi connectivity index (χ3n) is 3.09. The molecule has 0 bridgehead atoms. The summed E-state index contributed by atoms with van der Waals surface area (Å²) < 4.78 is 1.00. The van der Waals surface area contributed by atoms with Gasteiger partial charge in [-0.15, -0.1) is 11.3 Å². The Morgan fingerprint density at radius 1 is 1.20 bits per heavy atom. The molecule has 0 radical (unpaired) electrons. The molecule has 0 saturated carbocycles. The molecule has 0 aliphatic rings. The average molecular weight is 316 g/mol. The maximum atomic E-state index is 10.6. The van der Waals surface area contributed by atoms with Gasteiger partial charge in [-0.2, -0.15) is 0 Å². The van der Waals surface area contributed by atoms with E-state index >= 15 is 0 Å². The molecular formula is C15H25NO2S2. The van der Waals surface area contributed by atoms with Gasteiger partial charge in [-0.05, 0) is 6.42 Å².